The van der Waals surface area contributed by atoms with Crippen molar-refractivity contribution >= 4 is 81.3 Å². The molecule has 10 aromatic rings. The molecule has 0 spiro atoms. The van der Waals surface area contributed by atoms with Gasteiger partial charge in [-0.15, -0.1) is 11.3 Å². The van der Waals surface area contributed by atoms with Crippen molar-refractivity contribution < 1.29 is 4.42 Å². The van der Waals surface area contributed by atoms with Crippen molar-refractivity contribution in [3.63, 3.8) is 0 Å². The highest BCUT2D eigenvalue weighted by Gasteiger charge is 2.24. The van der Waals surface area contributed by atoms with Crippen LogP contribution in [0.4, 0.5) is 17.1 Å². The van der Waals surface area contributed by atoms with Crippen LogP contribution in [0.1, 0.15) is 0 Å². The lowest BCUT2D eigenvalue weighted by atomic mass is 9.96. The molecule has 0 radical (unpaired) electrons. The minimum atomic E-state index is 0.879. The van der Waals surface area contributed by atoms with Gasteiger partial charge in [-0.2, -0.15) is 0 Å². The Hall–Kier alpha value is -6.16. The van der Waals surface area contributed by atoms with Crippen LogP contribution in [-0.2, 0) is 0 Å². The van der Waals surface area contributed by atoms with E-state index in [2.05, 4.69) is 175 Å². The number of anilines is 3. The third kappa shape index (κ3) is 4.40. The van der Waals surface area contributed by atoms with Gasteiger partial charge < -0.3 is 9.32 Å². The number of hydrogen-bond donors (Lipinski definition) is 0. The van der Waals surface area contributed by atoms with Gasteiger partial charge in [0.05, 0.1) is 27.1 Å². The summed E-state index contributed by atoms with van der Waals surface area (Å²) >= 11 is 1.88. The van der Waals surface area contributed by atoms with E-state index in [1.54, 1.807) is 0 Å². The summed E-state index contributed by atoms with van der Waals surface area (Å²) in [5.74, 6) is 0. The Morgan fingerprint density at radius 2 is 0.918 bits per heavy atom. The van der Waals surface area contributed by atoms with Crippen molar-refractivity contribution in [1.29, 1.82) is 0 Å². The molecule has 8 aromatic carbocycles. The predicted molar refractivity (Wildman–Crippen MR) is 210 cm³/mol. The van der Waals surface area contributed by atoms with E-state index in [-0.39, 0.29) is 0 Å². The highest BCUT2D eigenvalue weighted by Crippen LogP contribution is 2.51. The normalized spacial score (nSPS) is 11.7. The maximum Gasteiger partial charge on any atom is 0.137 e. The van der Waals surface area contributed by atoms with Crippen molar-refractivity contribution in [2.24, 2.45) is 0 Å². The van der Waals surface area contributed by atoms with Crippen LogP contribution < -0.4 is 4.90 Å². The van der Waals surface area contributed by atoms with Crippen LogP contribution in [0.25, 0.3) is 75.1 Å². The van der Waals surface area contributed by atoms with Gasteiger partial charge in [0.2, 0.25) is 0 Å². The number of benzene rings is 8. The smallest absolute Gasteiger partial charge is 0.137 e. The molecular formula is C46H29NOS. The molecule has 0 unspecified atom stereocenters. The van der Waals surface area contributed by atoms with Crippen molar-refractivity contribution in [2.75, 3.05) is 4.90 Å². The Morgan fingerprint density at radius 1 is 0.347 bits per heavy atom. The molecule has 2 heterocycles. The van der Waals surface area contributed by atoms with E-state index >= 15 is 0 Å². The molecule has 0 atom stereocenters. The van der Waals surface area contributed by atoms with Gasteiger partial charge in [0.1, 0.15) is 11.2 Å². The first-order valence-electron chi connectivity index (χ1n) is 16.6. The Balaban J connectivity index is 1.31. The second-order valence-electron chi connectivity index (χ2n) is 12.4. The zero-order chi connectivity index (χ0) is 32.3. The average Bonchev–Trinajstić information content (AvgIpc) is 3.75. The first-order chi connectivity index (χ1) is 24.3. The molecule has 0 amide bonds. The van der Waals surface area contributed by atoms with Crippen LogP contribution in [0.5, 0.6) is 0 Å². The van der Waals surface area contributed by atoms with Crippen molar-refractivity contribution in [2.45, 2.75) is 0 Å². The number of rotatable bonds is 5. The van der Waals surface area contributed by atoms with Gasteiger partial charge in [0.25, 0.3) is 0 Å². The SMILES string of the molecule is c1ccc(-c2ccc(N(c3cccc4c3sc3c(-c5ccccc5)cccc34)c3cccc4oc5ccccc5c34)c3ccccc23)cc1. The summed E-state index contributed by atoms with van der Waals surface area (Å²) in [5, 5.41) is 7.16. The molecule has 0 bridgehead atoms. The third-order valence-electron chi connectivity index (χ3n) is 9.68. The molecule has 0 N–H and O–H groups in total. The molecule has 0 aliphatic rings. The number of para-hydroxylation sites is 1. The van der Waals surface area contributed by atoms with E-state index < -0.39 is 0 Å². The van der Waals surface area contributed by atoms with E-state index in [9.17, 15) is 0 Å². The Bertz CT molecular complexity index is 2830. The number of thiophene rings is 1. The fraction of sp³-hybridized carbons (Fsp3) is 0. The summed E-state index contributed by atoms with van der Waals surface area (Å²) < 4.78 is 9.01. The van der Waals surface area contributed by atoms with Gasteiger partial charge in [-0.3, -0.25) is 0 Å². The van der Waals surface area contributed by atoms with E-state index in [1.165, 1.54) is 53.2 Å². The monoisotopic (exact) mass is 643 g/mol. The first-order valence-corrected chi connectivity index (χ1v) is 17.4. The molecule has 2 nitrogen and oxygen atoms in total. The maximum atomic E-state index is 6.46. The van der Waals surface area contributed by atoms with Crippen molar-refractivity contribution in [3.05, 3.63) is 176 Å². The average molecular weight is 644 g/mol. The summed E-state index contributed by atoms with van der Waals surface area (Å²) in [6.45, 7) is 0. The standard InChI is InChI=1S/C46H29NOS/c1-3-14-30(15-4-1)32-28-29-39(35-19-8-7-18-34(32)35)47(40-24-13-27-43-44(40)38-20-9-10-26-42(38)48-43)41-25-12-23-37-36-22-11-21-33(45(36)49-46(37)41)31-16-5-2-6-17-31/h1-29H. The number of fused-ring (bicyclic) bond motifs is 7. The summed E-state index contributed by atoms with van der Waals surface area (Å²) in [6, 6.07) is 63.1. The molecule has 0 aliphatic carbocycles. The van der Waals surface area contributed by atoms with Gasteiger partial charge in [0, 0.05) is 26.2 Å². The number of hydrogen-bond acceptors (Lipinski definition) is 3. The summed E-state index contributed by atoms with van der Waals surface area (Å²) in [4.78, 5) is 2.47. The van der Waals surface area contributed by atoms with E-state index in [1.807, 2.05) is 17.4 Å². The quantitative estimate of drug-likeness (QED) is 0.186. The lowest BCUT2D eigenvalue weighted by Gasteiger charge is -2.28. The molecule has 230 valence electrons. The summed E-state index contributed by atoms with van der Waals surface area (Å²) in [5.41, 5.74) is 10.1. The fourth-order valence-corrected chi connectivity index (χ4v) is 8.85. The Morgan fingerprint density at radius 3 is 1.71 bits per heavy atom. The third-order valence-corrected chi connectivity index (χ3v) is 11.0. The lowest BCUT2D eigenvalue weighted by Crippen LogP contribution is -2.11. The molecule has 2 aromatic heterocycles. The van der Waals surface area contributed by atoms with Crippen LogP contribution in [0.3, 0.4) is 0 Å². The highest BCUT2D eigenvalue weighted by atomic mass is 32.1. The number of furan rings is 1. The minimum absolute atomic E-state index is 0.879. The van der Waals surface area contributed by atoms with Crippen LogP contribution in [-0.4, -0.2) is 0 Å². The van der Waals surface area contributed by atoms with Gasteiger partial charge >= 0.3 is 0 Å². The topological polar surface area (TPSA) is 16.4 Å². The van der Waals surface area contributed by atoms with Gasteiger partial charge in [-0.1, -0.05) is 146 Å². The molecule has 0 aliphatic heterocycles. The van der Waals surface area contributed by atoms with Crippen molar-refractivity contribution in [3.8, 4) is 22.3 Å². The van der Waals surface area contributed by atoms with E-state index in [0.717, 1.165) is 39.0 Å². The number of nitrogens with zero attached hydrogens (tertiary/aromatic N) is 1. The molecule has 10 rings (SSSR count). The minimum Gasteiger partial charge on any atom is -0.456 e. The fourth-order valence-electron chi connectivity index (χ4n) is 7.51. The summed E-state index contributed by atoms with van der Waals surface area (Å²) in [7, 11) is 0. The van der Waals surface area contributed by atoms with Gasteiger partial charge in [-0.25, -0.2) is 0 Å². The second-order valence-corrected chi connectivity index (χ2v) is 13.5. The lowest BCUT2D eigenvalue weighted by molar-refractivity contribution is 0.669. The molecule has 0 saturated carbocycles. The first kappa shape index (κ1) is 27.9. The van der Waals surface area contributed by atoms with E-state index in [0.29, 0.717) is 0 Å². The molecule has 0 fully saturated rings. The van der Waals surface area contributed by atoms with Gasteiger partial charge in [-0.05, 0) is 58.0 Å². The van der Waals surface area contributed by atoms with Crippen LogP contribution in [0.15, 0.2) is 180 Å². The second kappa shape index (κ2) is 11.2. The predicted octanol–water partition coefficient (Wildman–Crippen LogP) is 13.9. The van der Waals surface area contributed by atoms with Crippen LogP contribution in [0, 0.1) is 0 Å². The molecular weight excluding hydrogens is 615 g/mol. The van der Waals surface area contributed by atoms with E-state index in [4.69, 9.17) is 4.42 Å². The Kier molecular flexibility index (Phi) is 6.39. The highest BCUT2D eigenvalue weighted by molar-refractivity contribution is 7.27. The van der Waals surface area contributed by atoms with Crippen LogP contribution in [0.2, 0.25) is 0 Å². The van der Waals surface area contributed by atoms with Crippen molar-refractivity contribution in [1.82, 2.24) is 0 Å². The molecule has 49 heavy (non-hydrogen) atoms. The zero-order valence-corrected chi connectivity index (χ0v) is 27.3. The van der Waals surface area contributed by atoms with Gasteiger partial charge in [0.15, 0.2) is 0 Å². The van der Waals surface area contributed by atoms with Crippen LogP contribution >= 0.6 is 11.3 Å². The zero-order valence-electron chi connectivity index (χ0n) is 26.5. The molecule has 0 saturated heterocycles. The maximum absolute atomic E-state index is 6.46. The molecule has 3 heteroatoms. The Labute approximate surface area is 287 Å². The summed E-state index contributed by atoms with van der Waals surface area (Å²) in [6.07, 6.45) is 0. The largest absolute Gasteiger partial charge is 0.456 e.